The lowest BCUT2D eigenvalue weighted by atomic mass is 10.1. The van der Waals surface area contributed by atoms with E-state index < -0.39 is 0 Å². The number of pyridine rings is 1. The second-order valence-corrected chi connectivity index (χ2v) is 5.91. The number of hydrazine groups is 1. The van der Waals surface area contributed by atoms with E-state index in [9.17, 15) is 9.59 Å². The summed E-state index contributed by atoms with van der Waals surface area (Å²) in [5, 5.41) is 3.81. The number of fused-ring (bicyclic) bond motifs is 1. The fourth-order valence-electron chi connectivity index (χ4n) is 2.49. The number of carbonyl (C=O) groups is 2. The van der Waals surface area contributed by atoms with Gasteiger partial charge in [-0.3, -0.25) is 20.0 Å². The minimum atomic E-state index is -0.188. The van der Waals surface area contributed by atoms with Crippen LogP contribution in [0, 0.1) is 0 Å². The molecule has 0 bridgehead atoms. The number of carbonyl (C=O) groups excluding carboxylic acids is 2. The SMILES string of the molecule is CCCNNC(=O)c1ccc(CNC(=O)c2cc3ccncc3[nH]2)cc1. The van der Waals surface area contributed by atoms with Crippen molar-refractivity contribution in [3.8, 4) is 0 Å². The lowest BCUT2D eigenvalue weighted by molar-refractivity contribution is 0.0929. The molecule has 0 aliphatic rings. The van der Waals surface area contributed by atoms with Crippen LogP contribution < -0.4 is 16.2 Å². The lowest BCUT2D eigenvalue weighted by Gasteiger charge is -2.07. The van der Waals surface area contributed by atoms with E-state index in [4.69, 9.17) is 0 Å². The van der Waals surface area contributed by atoms with Crippen molar-refractivity contribution >= 4 is 22.7 Å². The van der Waals surface area contributed by atoms with Crippen LogP contribution in [0.2, 0.25) is 0 Å². The van der Waals surface area contributed by atoms with Crippen molar-refractivity contribution in [2.75, 3.05) is 6.54 Å². The Morgan fingerprint density at radius 2 is 1.92 bits per heavy atom. The Balaban J connectivity index is 1.55. The van der Waals surface area contributed by atoms with Crippen LogP contribution in [0.5, 0.6) is 0 Å². The van der Waals surface area contributed by atoms with Crippen molar-refractivity contribution in [1.82, 2.24) is 26.1 Å². The first-order chi connectivity index (χ1) is 12.7. The summed E-state index contributed by atoms with van der Waals surface area (Å²) in [5.74, 6) is -0.368. The van der Waals surface area contributed by atoms with Gasteiger partial charge in [-0.1, -0.05) is 19.1 Å². The highest BCUT2D eigenvalue weighted by atomic mass is 16.2. The van der Waals surface area contributed by atoms with E-state index in [2.05, 4.69) is 26.1 Å². The zero-order valence-corrected chi connectivity index (χ0v) is 14.5. The second kappa shape index (κ2) is 8.26. The van der Waals surface area contributed by atoms with Crippen LogP contribution in [0.1, 0.15) is 39.8 Å². The monoisotopic (exact) mass is 351 g/mol. The molecule has 2 aromatic heterocycles. The van der Waals surface area contributed by atoms with Crippen LogP contribution in [-0.4, -0.2) is 28.3 Å². The summed E-state index contributed by atoms with van der Waals surface area (Å²) in [7, 11) is 0. The molecule has 0 radical (unpaired) electrons. The summed E-state index contributed by atoms with van der Waals surface area (Å²) in [5.41, 5.74) is 8.28. The number of amides is 2. The highest BCUT2D eigenvalue weighted by molar-refractivity contribution is 5.97. The number of hydrogen-bond donors (Lipinski definition) is 4. The Morgan fingerprint density at radius 3 is 2.65 bits per heavy atom. The number of nitrogens with zero attached hydrogens (tertiary/aromatic N) is 1. The first kappa shape index (κ1) is 17.6. The molecule has 2 amide bonds. The second-order valence-electron chi connectivity index (χ2n) is 5.91. The van der Waals surface area contributed by atoms with Crippen LogP contribution in [-0.2, 0) is 6.54 Å². The van der Waals surface area contributed by atoms with Gasteiger partial charge in [0.15, 0.2) is 0 Å². The van der Waals surface area contributed by atoms with Gasteiger partial charge in [0.1, 0.15) is 5.69 Å². The Hall–Kier alpha value is -3.19. The zero-order chi connectivity index (χ0) is 18.4. The number of aromatic nitrogens is 2. The average molecular weight is 351 g/mol. The van der Waals surface area contributed by atoms with Gasteiger partial charge in [0, 0.05) is 30.2 Å². The van der Waals surface area contributed by atoms with Gasteiger partial charge in [0.05, 0.1) is 11.7 Å². The number of rotatable bonds is 7. The maximum atomic E-state index is 12.3. The quantitative estimate of drug-likeness (QED) is 0.387. The summed E-state index contributed by atoms with van der Waals surface area (Å²) < 4.78 is 0. The Morgan fingerprint density at radius 1 is 1.12 bits per heavy atom. The van der Waals surface area contributed by atoms with Gasteiger partial charge in [-0.15, -0.1) is 0 Å². The Kier molecular flexibility index (Phi) is 5.60. The molecule has 0 aliphatic heterocycles. The molecular formula is C19H21N5O2. The fourth-order valence-corrected chi connectivity index (χ4v) is 2.49. The van der Waals surface area contributed by atoms with Gasteiger partial charge < -0.3 is 10.3 Å². The number of H-pyrrole nitrogens is 1. The van der Waals surface area contributed by atoms with Crippen LogP contribution in [0.15, 0.2) is 48.8 Å². The largest absolute Gasteiger partial charge is 0.349 e. The van der Waals surface area contributed by atoms with E-state index in [-0.39, 0.29) is 11.8 Å². The molecule has 0 saturated heterocycles. The topological polar surface area (TPSA) is 98.9 Å². The lowest BCUT2D eigenvalue weighted by Crippen LogP contribution is -2.37. The highest BCUT2D eigenvalue weighted by Gasteiger charge is 2.09. The molecular weight excluding hydrogens is 330 g/mol. The highest BCUT2D eigenvalue weighted by Crippen LogP contribution is 2.13. The van der Waals surface area contributed by atoms with Crippen molar-refractivity contribution in [2.45, 2.75) is 19.9 Å². The number of nitrogens with one attached hydrogen (secondary N) is 4. The smallest absolute Gasteiger partial charge is 0.267 e. The van der Waals surface area contributed by atoms with Gasteiger partial charge in [0.25, 0.3) is 11.8 Å². The summed E-state index contributed by atoms with van der Waals surface area (Å²) in [4.78, 5) is 31.3. The Labute approximate surface area is 151 Å². The van der Waals surface area contributed by atoms with Crippen molar-refractivity contribution in [1.29, 1.82) is 0 Å². The molecule has 0 saturated carbocycles. The van der Waals surface area contributed by atoms with E-state index in [0.717, 1.165) is 29.4 Å². The van der Waals surface area contributed by atoms with E-state index in [1.54, 1.807) is 30.6 Å². The molecule has 4 N–H and O–H groups in total. The van der Waals surface area contributed by atoms with Gasteiger partial charge >= 0.3 is 0 Å². The number of benzene rings is 1. The summed E-state index contributed by atoms with van der Waals surface area (Å²) in [6.07, 6.45) is 4.31. The average Bonchev–Trinajstić information content (AvgIpc) is 3.11. The predicted molar refractivity (Wildman–Crippen MR) is 99.5 cm³/mol. The minimum Gasteiger partial charge on any atom is -0.349 e. The molecule has 134 valence electrons. The van der Waals surface area contributed by atoms with E-state index in [1.165, 1.54) is 0 Å². The van der Waals surface area contributed by atoms with Crippen molar-refractivity contribution in [3.63, 3.8) is 0 Å². The van der Waals surface area contributed by atoms with Crippen molar-refractivity contribution in [3.05, 3.63) is 65.6 Å². The molecule has 7 heteroatoms. The number of aromatic amines is 1. The van der Waals surface area contributed by atoms with Crippen LogP contribution >= 0.6 is 0 Å². The molecule has 0 atom stereocenters. The normalized spacial score (nSPS) is 10.7. The molecule has 3 rings (SSSR count). The maximum Gasteiger partial charge on any atom is 0.267 e. The fraction of sp³-hybridized carbons (Fsp3) is 0.211. The Bertz CT molecular complexity index is 869. The third kappa shape index (κ3) is 4.25. The molecule has 0 fully saturated rings. The van der Waals surface area contributed by atoms with Gasteiger partial charge in [-0.2, -0.15) is 0 Å². The van der Waals surface area contributed by atoms with Gasteiger partial charge in [-0.25, -0.2) is 5.43 Å². The molecule has 1 aromatic carbocycles. The summed E-state index contributed by atoms with van der Waals surface area (Å²) >= 11 is 0. The first-order valence-corrected chi connectivity index (χ1v) is 8.50. The van der Waals surface area contributed by atoms with Crippen LogP contribution in [0.3, 0.4) is 0 Å². The van der Waals surface area contributed by atoms with E-state index >= 15 is 0 Å². The van der Waals surface area contributed by atoms with Crippen LogP contribution in [0.4, 0.5) is 0 Å². The van der Waals surface area contributed by atoms with Gasteiger partial charge in [-0.05, 0) is 36.2 Å². The minimum absolute atomic E-state index is 0.180. The number of hydrogen-bond acceptors (Lipinski definition) is 4. The molecule has 26 heavy (non-hydrogen) atoms. The summed E-state index contributed by atoms with van der Waals surface area (Å²) in [6, 6.07) is 10.8. The third-order valence-corrected chi connectivity index (χ3v) is 3.91. The molecule has 0 aliphatic carbocycles. The zero-order valence-electron chi connectivity index (χ0n) is 14.5. The molecule has 0 unspecified atom stereocenters. The molecule has 3 aromatic rings. The third-order valence-electron chi connectivity index (χ3n) is 3.91. The molecule has 2 heterocycles. The molecule has 7 nitrogen and oxygen atoms in total. The summed E-state index contributed by atoms with van der Waals surface area (Å²) in [6.45, 7) is 3.12. The van der Waals surface area contributed by atoms with E-state index in [0.29, 0.717) is 17.8 Å². The van der Waals surface area contributed by atoms with Crippen molar-refractivity contribution < 1.29 is 9.59 Å². The van der Waals surface area contributed by atoms with Crippen molar-refractivity contribution in [2.24, 2.45) is 0 Å². The van der Waals surface area contributed by atoms with Crippen LogP contribution in [0.25, 0.3) is 10.9 Å². The molecule has 0 spiro atoms. The van der Waals surface area contributed by atoms with Gasteiger partial charge in [0.2, 0.25) is 0 Å². The first-order valence-electron chi connectivity index (χ1n) is 8.50. The van der Waals surface area contributed by atoms with E-state index in [1.807, 2.05) is 25.1 Å². The predicted octanol–water partition coefficient (Wildman–Crippen LogP) is 2.14. The maximum absolute atomic E-state index is 12.3. The standard InChI is InChI=1S/C19H21N5O2/c1-2-8-22-24-18(25)14-5-3-13(4-6-14)11-21-19(26)16-10-15-7-9-20-12-17(15)23-16/h3-7,9-10,12,22-23H,2,8,11H2,1H3,(H,21,26)(H,24,25).